The number of methoxy groups -OCH3 is 1. The zero-order valence-corrected chi connectivity index (χ0v) is 12.4. The van der Waals surface area contributed by atoms with E-state index in [0.717, 1.165) is 25.0 Å². The third kappa shape index (κ3) is 4.69. The van der Waals surface area contributed by atoms with Gasteiger partial charge < -0.3 is 10.5 Å². The summed E-state index contributed by atoms with van der Waals surface area (Å²) in [4.78, 5) is 0. The summed E-state index contributed by atoms with van der Waals surface area (Å²) in [6.07, 6.45) is 3.27. The molecule has 2 N–H and O–H groups in total. The Labute approximate surface area is 112 Å². The van der Waals surface area contributed by atoms with Crippen LogP contribution in [0.1, 0.15) is 57.6 Å². The van der Waals surface area contributed by atoms with Crippen LogP contribution in [0.2, 0.25) is 0 Å². The van der Waals surface area contributed by atoms with Gasteiger partial charge in [-0.25, -0.2) is 0 Å². The molecule has 0 heterocycles. The van der Waals surface area contributed by atoms with E-state index in [-0.39, 0.29) is 5.54 Å². The van der Waals surface area contributed by atoms with Crippen molar-refractivity contribution < 1.29 is 4.74 Å². The van der Waals surface area contributed by atoms with E-state index in [2.05, 4.69) is 45.9 Å². The van der Waals surface area contributed by atoms with Crippen LogP contribution in [0.15, 0.2) is 18.2 Å². The van der Waals surface area contributed by atoms with Gasteiger partial charge in [0, 0.05) is 5.54 Å². The van der Waals surface area contributed by atoms with Gasteiger partial charge in [0.2, 0.25) is 0 Å². The third-order valence-corrected chi connectivity index (χ3v) is 3.20. The van der Waals surface area contributed by atoms with Crippen LogP contribution in [0.5, 0.6) is 5.75 Å². The van der Waals surface area contributed by atoms with Gasteiger partial charge in [0.15, 0.2) is 0 Å². The average Bonchev–Trinajstić information content (AvgIpc) is 2.27. The summed E-state index contributed by atoms with van der Waals surface area (Å²) in [5.41, 5.74) is 8.61. The molecule has 102 valence electrons. The molecule has 0 aliphatic heterocycles. The van der Waals surface area contributed by atoms with Crippen LogP contribution in [0, 0.1) is 0 Å². The number of aryl methyl sites for hydroxylation is 1. The second-order valence-corrected chi connectivity index (χ2v) is 6.07. The fraction of sp³-hybridized carbons (Fsp3) is 0.625. The van der Waals surface area contributed by atoms with Crippen LogP contribution >= 0.6 is 0 Å². The highest BCUT2D eigenvalue weighted by Gasteiger charge is 2.11. The minimum absolute atomic E-state index is 0.0622. The molecule has 0 radical (unpaired) electrons. The Morgan fingerprint density at radius 3 is 2.44 bits per heavy atom. The van der Waals surface area contributed by atoms with Crippen LogP contribution in [0.3, 0.4) is 0 Å². The predicted molar refractivity (Wildman–Crippen MR) is 78.3 cm³/mol. The fourth-order valence-electron chi connectivity index (χ4n) is 2.14. The maximum Gasteiger partial charge on any atom is 0.122 e. The number of hydrogen-bond donors (Lipinski definition) is 1. The number of rotatable bonds is 6. The van der Waals surface area contributed by atoms with Crippen molar-refractivity contribution in [3.8, 4) is 5.75 Å². The van der Waals surface area contributed by atoms with Crippen LogP contribution in [0.25, 0.3) is 0 Å². The molecule has 0 aromatic heterocycles. The molecule has 18 heavy (non-hydrogen) atoms. The summed E-state index contributed by atoms with van der Waals surface area (Å²) in [6, 6.07) is 6.51. The molecule has 0 saturated carbocycles. The molecule has 1 rings (SSSR count). The smallest absolute Gasteiger partial charge is 0.122 e. The minimum Gasteiger partial charge on any atom is -0.496 e. The molecular weight excluding hydrogens is 222 g/mol. The Morgan fingerprint density at radius 1 is 1.28 bits per heavy atom. The van der Waals surface area contributed by atoms with E-state index in [1.807, 2.05) is 0 Å². The van der Waals surface area contributed by atoms with Gasteiger partial charge in [-0.2, -0.15) is 0 Å². The summed E-state index contributed by atoms with van der Waals surface area (Å²) in [7, 11) is 1.73. The molecule has 0 amide bonds. The topological polar surface area (TPSA) is 35.2 Å². The highest BCUT2D eigenvalue weighted by molar-refractivity contribution is 5.39. The van der Waals surface area contributed by atoms with E-state index in [1.54, 1.807) is 7.11 Å². The Balaban J connectivity index is 2.70. The van der Waals surface area contributed by atoms with Crippen LogP contribution in [-0.4, -0.2) is 12.6 Å². The van der Waals surface area contributed by atoms with E-state index in [1.165, 1.54) is 11.1 Å². The number of benzene rings is 1. The third-order valence-electron chi connectivity index (χ3n) is 3.20. The molecular formula is C16H27NO. The van der Waals surface area contributed by atoms with Crippen molar-refractivity contribution in [2.24, 2.45) is 5.73 Å². The monoisotopic (exact) mass is 249 g/mol. The average molecular weight is 249 g/mol. The lowest BCUT2D eigenvalue weighted by atomic mass is 9.94. The molecule has 2 nitrogen and oxygen atoms in total. The van der Waals surface area contributed by atoms with E-state index >= 15 is 0 Å². The highest BCUT2D eigenvalue weighted by Crippen LogP contribution is 2.28. The van der Waals surface area contributed by atoms with Crippen molar-refractivity contribution in [1.29, 1.82) is 0 Å². The van der Waals surface area contributed by atoms with Crippen molar-refractivity contribution >= 4 is 0 Å². The molecule has 2 heteroatoms. The van der Waals surface area contributed by atoms with Crippen molar-refractivity contribution in [1.82, 2.24) is 0 Å². The minimum atomic E-state index is -0.0622. The first kappa shape index (κ1) is 15.0. The first-order valence-electron chi connectivity index (χ1n) is 6.79. The van der Waals surface area contributed by atoms with Gasteiger partial charge in [0.05, 0.1) is 7.11 Å². The first-order valence-corrected chi connectivity index (χ1v) is 6.79. The second-order valence-electron chi connectivity index (χ2n) is 6.07. The lowest BCUT2D eigenvalue weighted by molar-refractivity contribution is 0.407. The highest BCUT2D eigenvalue weighted by atomic mass is 16.5. The van der Waals surface area contributed by atoms with Crippen molar-refractivity contribution in [2.75, 3.05) is 7.11 Å². The summed E-state index contributed by atoms with van der Waals surface area (Å²) in [5, 5.41) is 0. The largest absolute Gasteiger partial charge is 0.496 e. The summed E-state index contributed by atoms with van der Waals surface area (Å²) < 4.78 is 5.40. The van der Waals surface area contributed by atoms with Crippen LogP contribution in [0.4, 0.5) is 0 Å². The predicted octanol–water partition coefficient (Wildman–Crippen LogP) is 3.88. The fourth-order valence-corrected chi connectivity index (χ4v) is 2.14. The van der Waals surface area contributed by atoms with Gasteiger partial charge in [-0.1, -0.05) is 26.0 Å². The molecule has 0 aliphatic rings. The standard InChI is InChI=1S/C16H27NO/c1-12(2)14-11-13(8-9-15(14)18-5)7-6-10-16(3,4)17/h8-9,11-12H,6-7,10,17H2,1-5H3. The number of hydrogen-bond acceptors (Lipinski definition) is 2. The molecule has 0 spiro atoms. The van der Waals surface area contributed by atoms with E-state index < -0.39 is 0 Å². The van der Waals surface area contributed by atoms with Crippen molar-refractivity contribution in [3.63, 3.8) is 0 Å². The lowest BCUT2D eigenvalue weighted by Gasteiger charge is -2.18. The molecule has 0 bridgehead atoms. The normalized spacial score (nSPS) is 11.9. The molecule has 0 fully saturated rings. The van der Waals surface area contributed by atoms with E-state index in [4.69, 9.17) is 10.5 Å². The Morgan fingerprint density at radius 2 is 1.94 bits per heavy atom. The quantitative estimate of drug-likeness (QED) is 0.830. The summed E-state index contributed by atoms with van der Waals surface area (Å²) >= 11 is 0. The number of nitrogens with two attached hydrogens (primary N) is 1. The van der Waals surface area contributed by atoms with Crippen LogP contribution < -0.4 is 10.5 Å². The van der Waals surface area contributed by atoms with E-state index in [0.29, 0.717) is 5.92 Å². The molecule has 0 unspecified atom stereocenters. The van der Waals surface area contributed by atoms with Gasteiger partial charge in [0.25, 0.3) is 0 Å². The molecule has 0 atom stereocenters. The number of ether oxygens (including phenoxy) is 1. The second kappa shape index (κ2) is 6.24. The Kier molecular flexibility index (Phi) is 5.21. The maximum atomic E-state index is 6.00. The molecule has 0 saturated heterocycles. The Hall–Kier alpha value is -1.02. The zero-order chi connectivity index (χ0) is 13.8. The Bertz CT molecular complexity index is 377. The summed E-state index contributed by atoms with van der Waals surface area (Å²) in [6.45, 7) is 8.57. The van der Waals surface area contributed by atoms with Gasteiger partial charge in [-0.15, -0.1) is 0 Å². The molecule has 1 aromatic carbocycles. The van der Waals surface area contributed by atoms with E-state index in [9.17, 15) is 0 Å². The summed E-state index contributed by atoms with van der Waals surface area (Å²) in [5.74, 6) is 1.48. The maximum absolute atomic E-state index is 6.00. The van der Waals surface area contributed by atoms with Gasteiger partial charge in [-0.05, 0) is 56.2 Å². The molecule has 0 aliphatic carbocycles. The lowest BCUT2D eigenvalue weighted by Crippen LogP contribution is -2.31. The zero-order valence-electron chi connectivity index (χ0n) is 12.4. The van der Waals surface area contributed by atoms with Crippen molar-refractivity contribution in [3.05, 3.63) is 29.3 Å². The molecule has 1 aromatic rings. The first-order chi connectivity index (χ1) is 8.33. The van der Waals surface area contributed by atoms with Gasteiger partial charge >= 0.3 is 0 Å². The SMILES string of the molecule is COc1ccc(CCCC(C)(C)N)cc1C(C)C. The van der Waals surface area contributed by atoms with Crippen molar-refractivity contribution in [2.45, 2.75) is 58.4 Å². The van der Waals surface area contributed by atoms with Crippen LogP contribution in [-0.2, 0) is 6.42 Å². The van der Waals surface area contributed by atoms with Gasteiger partial charge in [0.1, 0.15) is 5.75 Å². The van der Waals surface area contributed by atoms with Gasteiger partial charge in [-0.3, -0.25) is 0 Å².